The van der Waals surface area contributed by atoms with Crippen molar-refractivity contribution in [2.24, 2.45) is 0 Å². The molecule has 0 aromatic carbocycles. The van der Waals surface area contributed by atoms with Crippen molar-refractivity contribution in [3.8, 4) is 0 Å². The number of aromatic nitrogens is 1. The van der Waals surface area contributed by atoms with Crippen LogP contribution in [0.25, 0.3) is 0 Å². The fraction of sp³-hybridized carbons (Fsp3) is 0.615. The quantitative estimate of drug-likeness (QED) is 0.819. The number of carbonyl (C=O) groups excluding carboxylic acids is 2. The summed E-state index contributed by atoms with van der Waals surface area (Å²) in [5.74, 6) is 1.09. The van der Waals surface area contributed by atoms with Crippen molar-refractivity contribution in [3.05, 3.63) is 16.1 Å². The van der Waals surface area contributed by atoms with E-state index in [1.165, 1.54) is 16.2 Å². The van der Waals surface area contributed by atoms with Crippen LogP contribution in [0.3, 0.4) is 0 Å². The molecule has 1 aromatic rings. The number of imide groups is 1. The molecule has 0 aliphatic carbocycles. The number of amides is 3. The Labute approximate surface area is 127 Å². The van der Waals surface area contributed by atoms with Crippen LogP contribution in [0.2, 0.25) is 0 Å². The molecule has 0 bridgehead atoms. The lowest BCUT2D eigenvalue weighted by atomic mass is 10.2. The maximum atomic E-state index is 12.2. The first-order chi connectivity index (χ1) is 9.52. The van der Waals surface area contributed by atoms with E-state index in [0.717, 1.165) is 16.5 Å². The van der Waals surface area contributed by atoms with Gasteiger partial charge in [-0.3, -0.25) is 9.69 Å². The predicted octanol–water partition coefficient (Wildman–Crippen LogP) is 2.44. The molecule has 110 valence electrons. The van der Waals surface area contributed by atoms with Crippen LogP contribution in [-0.2, 0) is 11.3 Å². The van der Waals surface area contributed by atoms with Gasteiger partial charge in [0.1, 0.15) is 11.0 Å². The zero-order valence-electron chi connectivity index (χ0n) is 11.9. The summed E-state index contributed by atoms with van der Waals surface area (Å²) in [6, 6.07) is -0.679. The third-order valence-corrected chi connectivity index (χ3v) is 4.67. The van der Waals surface area contributed by atoms with Crippen molar-refractivity contribution >= 4 is 35.0 Å². The Morgan fingerprint density at radius 3 is 2.85 bits per heavy atom. The normalized spacial score (nSPS) is 19.0. The Morgan fingerprint density at radius 2 is 2.25 bits per heavy atom. The fourth-order valence-corrected chi connectivity index (χ4v) is 3.37. The zero-order valence-corrected chi connectivity index (χ0v) is 13.5. The molecule has 0 radical (unpaired) electrons. The van der Waals surface area contributed by atoms with Crippen LogP contribution in [0, 0.1) is 0 Å². The van der Waals surface area contributed by atoms with Crippen molar-refractivity contribution in [1.29, 1.82) is 0 Å². The number of urea groups is 1. The molecule has 1 atom stereocenters. The highest BCUT2D eigenvalue weighted by Crippen LogP contribution is 2.21. The van der Waals surface area contributed by atoms with Crippen LogP contribution >= 0.6 is 23.1 Å². The van der Waals surface area contributed by atoms with Crippen molar-refractivity contribution in [2.45, 2.75) is 38.8 Å². The Morgan fingerprint density at radius 1 is 1.50 bits per heavy atom. The lowest BCUT2D eigenvalue weighted by molar-refractivity contribution is -0.127. The van der Waals surface area contributed by atoms with Crippen LogP contribution in [0.15, 0.2) is 5.38 Å². The Kier molecular flexibility index (Phi) is 5.04. The lowest BCUT2D eigenvalue weighted by Crippen LogP contribution is -2.31. The van der Waals surface area contributed by atoms with Gasteiger partial charge in [0.15, 0.2) is 0 Å². The minimum absolute atomic E-state index is 0.134. The van der Waals surface area contributed by atoms with E-state index in [2.05, 4.69) is 24.1 Å². The lowest BCUT2D eigenvalue weighted by Gasteiger charge is -2.10. The number of rotatable bonds is 6. The van der Waals surface area contributed by atoms with E-state index in [-0.39, 0.29) is 24.5 Å². The monoisotopic (exact) mass is 313 g/mol. The highest BCUT2D eigenvalue weighted by Gasteiger charge is 2.37. The minimum atomic E-state index is -0.375. The van der Waals surface area contributed by atoms with Crippen molar-refractivity contribution < 1.29 is 9.59 Å². The van der Waals surface area contributed by atoms with Gasteiger partial charge in [-0.25, -0.2) is 9.78 Å². The number of hydrogen-bond acceptors (Lipinski definition) is 5. The van der Waals surface area contributed by atoms with Gasteiger partial charge in [0.05, 0.1) is 12.2 Å². The first-order valence-corrected chi connectivity index (χ1v) is 8.85. The summed E-state index contributed by atoms with van der Waals surface area (Å²) in [6.45, 7) is 4.42. The third kappa shape index (κ3) is 3.32. The van der Waals surface area contributed by atoms with E-state index in [1.807, 2.05) is 11.6 Å². The largest absolute Gasteiger partial charge is 0.326 e. The van der Waals surface area contributed by atoms with E-state index in [9.17, 15) is 9.59 Å². The molecule has 2 heterocycles. The summed E-state index contributed by atoms with van der Waals surface area (Å²) < 4.78 is 0. The van der Waals surface area contributed by atoms with Gasteiger partial charge < -0.3 is 5.32 Å². The number of nitrogens with one attached hydrogen (secondary N) is 1. The summed E-state index contributed by atoms with van der Waals surface area (Å²) in [6.07, 6.45) is 2.67. The van der Waals surface area contributed by atoms with Crippen molar-refractivity contribution in [1.82, 2.24) is 15.2 Å². The SMILES string of the molecule is CSCC[C@@H]1NC(=O)N(Cc2nc(C(C)C)cs2)C1=O. The molecule has 20 heavy (non-hydrogen) atoms. The van der Waals surface area contributed by atoms with Crippen LogP contribution in [-0.4, -0.2) is 39.9 Å². The molecule has 1 saturated heterocycles. The van der Waals surface area contributed by atoms with Crippen LogP contribution in [0.5, 0.6) is 0 Å². The topological polar surface area (TPSA) is 62.3 Å². The molecule has 1 fully saturated rings. The molecule has 0 spiro atoms. The van der Waals surface area contributed by atoms with Gasteiger partial charge in [-0.15, -0.1) is 11.3 Å². The van der Waals surface area contributed by atoms with E-state index < -0.39 is 0 Å². The van der Waals surface area contributed by atoms with E-state index in [1.54, 1.807) is 11.8 Å². The first-order valence-electron chi connectivity index (χ1n) is 6.58. The molecule has 1 aromatic heterocycles. The summed E-state index contributed by atoms with van der Waals surface area (Å²) >= 11 is 3.17. The van der Waals surface area contributed by atoms with E-state index >= 15 is 0 Å². The molecule has 0 saturated carbocycles. The van der Waals surface area contributed by atoms with Gasteiger partial charge in [-0.1, -0.05) is 13.8 Å². The van der Waals surface area contributed by atoms with Crippen LogP contribution < -0.4 is 5.32 Å². The Bertz CT molecular complexity index is 502. The Hall–Kier alpha value is -1.08. The molecule has 1 aliphatic rings. The zero-order chi connectivity index (χ0) is 14.7. The van der Waals surface area contributed by atoms with Gasteiger partial charge in [0, 0.05) is 5.38 Å². The van der Waals surface area contributed by atoms with Gasteiger partial charge in [-0.2, -0.15) is 11.8 Å². The van der Waals surface area contributed by atoms with Gasteiger partial charge in [0.25, 0.3) is 5.91 Å². The number of thiazole rings is 1. The van der Waals surface area contributed by atoms with Crippen molar-refractivity contribution in [3.63, 3.8) is 0 Å². The second-order valence-corrected chi connectivity index (χ2v) is 6.96. The van der Waals surface area contributed by atoms with Crippen LogP contribution in [0.1, 0.15) is 36.9 Å². The summed E-state index contributed by atoms with van der Waals surface area (Å²) in [7, 11) is 0. The smallest absolute Gasteiger partial charge is 0.325 e. The van der Waals surface area contributed by atoms with Gasteiger partial charge in [0.2, 0.25) is 0 Å². The molecule has 1 N–H and O–H groups in total. The molecule has 1 aliphatic heterocycles. The predicted molar refractivity (Wildman–Crippen MR) is 82.1 cm³/mol. The molecule has 0 unspecified atom stereocenters. The molecule has 5 nitrogen and oxygen atoms in total. The molecule has 2 rings (SSSR count). The summed E-state index contributed by atoms with van der Waals surface area (Å²) in [5, 5.41) is 5.54. The fourth-order valence-electron chi connectivity index (χ4n) is 1.96. The Balaban J connectivity index is 2.01. The molecular formula is C13H19N3O2S2. The highest BCUT2D eigenvalue weighted by atomic mass is 32.2. The second-order valence-electron chi connectivity index (χ2n) is 5.03. The van der Waals surface area contributed by atoms with E-state index in [4.69, 9.17) is 0 Å². The second kappa shape index (κ2) is 6.58. The number of hydrogen-bond donors (Lipinski definition) is 1. The summed E-state index contributed by atoms with van der Waals surface area (Å²) in [4.78, 5) is 29.8. The standard InChI is InChI=1S/C13H19N3O2S2/c1-8(2)10-7-20-11(14-10)6-16-12(17)9(4-5-19-3)15-13(16)18/h7-9H,4-6H2,1-3H3,(H,15,18)/t9-/m0/s1. The summed E-state index contributed by atoms with van der Waals surface area (Å²) in [5.41, 5.74) is 1.01. The third-order valence-electron chi connectivity index (χ3n) is 3.17. The highest BCUT2D eigenvalue weighted by molar-refractivity contribution is 7.98. The first kappa shape index (κ1) is 15.3. The maximum absolute atomic E-state index is 12.2. The van der Waals surface area contributed by atoms with E-state index in [0.29, 0.717) is 12.3 Å². The molecule has 3 amide bonds. The number of carbonyl (C=O) groups is 2. The maximum Gasteiger partial charge on any atom is 0.325 e. The average molecular weight is 313 g/mol. The van der Waals surface area contributed by atoms with Gasteiger partial charge in [-0.05, 0) is 24.3 Å². The average Bonchev–Trinajstić information content (AvgIpc) is 2.97. The van der Waals surface area contributed by atoms with Crippen LogP contribution in [0.4, 0.5) is 4.79 Å². The molecule has 7 heteroatoms. The number of thioether (sulfide) groups is 1. The minimum Gasteiger partial charge on any atom is -0.326 e. The number of nitrogens with zero attached hydrogens (tertiary/aromatic N) is 2. The van der Waals surface area contributed by atoms with Gasteiger partial charge >= 0.3 is 6.03 Å². The van der Waals surface area contributed by atoms with Crippen molar-refractivity contribution in [2.75, 3.05) is 12.0 Å². The molecular weight excluding hydrogens is 294 g/mol.